The Morgan fingerprint density at radius 3 is 2.19 bits per heavy atom. The van der Waals surface area contributed by atoms with Gasteiger partial charge in [0.15, 0.2) is 0 Å². The zero-order chi connectivity index (χ0) is 16.3. The molecule has 0 aliphatic heterocycles. The van der Waals surface area contributed by atoms with Gasteiger partial charge in [-0.25, -0.2) is 9.59 Å². The summed E-state index contributed by atoms with van der Waals surface area (Å²) in [5.74, 6) is -2.59. The Morgan fingerprint density at radius 2 is 1.76 bits per heavy atom. The Balaban J connectivity index is 2.82. The number of carboxylic acids is 1. The summed E-state index contributed by atoms with van der Waals surface area (Å²) in [4.78, 5) is 23.5. The van der Waals surface area contributed by atoms with Crippen LogP contribution in [0.4, 0.5) is 0 Å². The van der Waals surface area contributed by atoms with Crippen molar-refractivity contribution in [1.29, 1.82) is 0 Å². The number of rotatable bonds is 5. The van der Waals surface area contributed by atoms with Crippen LogP contribution in [0.5, 0.6) is 0 Å². The maximum Gasteiger partial charge on any atom is 0.352 e. The molecule has 4 N–H and O–H groups in total. The summed E-state index contributed by atoms with van der Waals surface area (Å²) in [5.41, 5.74) is 2.30. The highest BCUT2D eigenvalue weighted by Crippen LogP contribution is 2.30. The van der Waals surface area contributed by atoms with Gasteiger partial charge in [-0.3, -0.25) is 0 Å². The van der Waals surface area contributed by atoms with Crippen molar-refractivity contribution in [2.75, 3.05) is 0 Å². The van der Waals surface area contributed by atoms with Gasteiger partial charge in [0.25, 0.3) is 5.60 Å². The maximum atomic E-state index is 12.1. The number of aliphatic hydroxyl groups is 1. The van der Waals surface area contributed by atoms with Crippen LogP contribution in [0.1, 0.15) is 59.3 Å². The van der Waals surface area contributed by atoms with Gasteiger partial charge in [0.05, 0.1) is 6.04 Å². The molecule has 1 aliphatic carbocycles. The van der Waals surface area contributed by atoms with E-state index in [2.05, 4.69) is 0 Å². The highest BCUT2D eigenvalue weighted by Gasteiger charge is 2.52. The molecule has 0 bridgehead atoms. The van der Waals surface area contributed by atoms with E-state index in [1.54, 1.807) is 20.8 Å². The number of hydrogen-bond donors (Lipinski definition) is 3. The first-order valence-corrected chi connectivity index (χ1v) is 7.52. The number of esters is 1. The Labute approximate surface area is 125 Å². The Hall–Kier alpha value is -1.14. The second-order valence-corrected chi connectivity index (χ2v) is 6.92. The number of hydrogen-bond acceptors (Lipinski definition) is 5. The summed E-state index contributed by atoms with van der Waals surface area (Å²) in [6.07, 6.45) is 5.54. The van der Waals surface area contributed by atoms with Crippen LogP contribution in [-0.2, 0) is 14.3 Å². The van der Waals surface area contributed by atoms with Gasteiger partial charge in [-0.15, -0.1) is 0 Å². The fourth-order valence-electron chi connectivity index (χ4n) is 2.71. The van der Waals surface area contributed by atoms with Gasteiger partial charge in [0, 0.05) is 0 Å². The van der Waals surface area contributed by atoms with Crippen molar-refractivity contribution in [1.82, 2.24) is 0 Å². The predicted molar refractivity (Wildman–Crippen MR) is 77.6 cm³/mol. The molecule has 0 unspecified atom stereocenters. The molecule has 0 amide bonds. The van der Waals surface area contributed by atoms with Crippen LogP contribution in [0.25, 0.3) is 0 Å². The van der Waals surface area contributed by atoms with Crippen molar-refractivity contribution in [2.45, 2.75) is 76.5 Å². The number of carbonyl (C=O) groups excluding carboxylic acids is 1. The highest BCUT2D eigenvalue weighted by molar-refractivity contribution is 6.03. The first kappa shape index (κ1) is 17.9. The largest absolute Gasteiger partial charge is 0.479 e. The van der Waals surface area contributed by atoms with Gasteiger partial charge in [-0.05, 0) is 33.1 Å². The summed E-state index contributed by atoms with van der Waals surface area (Å²) in [5, 5.41) is 19.6. The summed E-state index contributed by atoms with van der Waals surface area (Å²) in [7, 11) is 0. The fourth-order valence-corrected chi connectivity index (χ4v) is 2.71. The van der Waals surface area contributed by atoms with Crippen LogP contribution in [0, 0.1) is 5.92 Å². The molecule has 1 aliphatic rings. The molecule has 21 heavy (non-hydrogen) atoms. The summed E-state index contributed by atoms with van der Waals surface area (Å²) >= 11 is 0. The van der Waals surface area contributed by atoms with Crippen LogP contribution < -0.4 is 5.73 Å². The molecule has 2 atom stereocenters. The molecule has 0 aromatic rings. The topological polar surface area (TPSA) is 110 Å². The Bertz CT molecular complexity index is 384. The smallest absolute Gasteiger partial charge is 0.352 e. The second-order valence-electron chi connectivity index (χ2n) is 6.92. The van der Waals surface area contributed by atoms with Crippen LogP contribution in [0.3, 0.4) is 0 Å². The standard InChI is InChI=1S/C15H27NO5/c1-14(2,3)21-13(19)15(20,12(17)18)11(16)9-10-7-5-4-6-8-10/h10-11,20H,4-9,16H2,1-3H3,(H,17,18)/t11-,15+/m0/s1. The molecule has 0 spiro atoms. The summed E-state index contributed by atoms with van der Waals surface area (Å²) < 4.78 is 5.02. The van der Waals surface area contributed by atoms with Gasteiger partial charge >= 0.3 is 11.9 Å². The molecule has 0 aromatic heterocycles. The molecule has 1 saturated carbocycles. The van der Waals surface area contributed by atoms with E-state index in [-0.39, 0.29) is 5.92 Å². The minimum absolute atomic E-state index is 0.252. The minimum atomic E-state index is -2.69. The van der Waals surface area contributed by atoms with Crippen molar-refractivity contribution in [3.8, 4) is 0 Å². The third-order valence-electron chi connectivity index (χ3n) is 3.88. The molecule has 6 heteroatoms. The number of aliphatic carboxylic acids is 1. The van der Waals surface area contributed by atoms with Gasteiger partial charge < -0.3 is 20.7 Å². The molecule has 0 radical (unpaired) electrons. The SMILES string of the molecule is CC(C)(C)OC(=O)[C@](O)(C(=O)O)[C@@H](N)CC1CCCCC1. The molecule has 1 rings (SSSR count). The van der Waals surface area contributed by atoms with Crippen molar-refractivity contribution in [3.63, 3.8) is 0 Å². The normalized spacial score (nSPS) is 21.4. The number of carboxylic acid groups (broad SMARTS) is 1. The lowest BCUT2D eigenvalue weighted by Crippen LogP contribution is -2.61. The molecular formula is C15H27NO5. The van der Waals surface area contributed by atoms with Gasteiger partial charge in [0.2, 0.25) is 0 Å². The first-order valence-electron chi connectivity index (χ1n) is 7.52. The van der Waals surface area contributed by atoms with Crippen molar-refractivity contribution in [2.24, 2.45) is 11.7 Å². The van der Waals surface area contributed by atoms with Gasteiger partial charge in [-0.2, -0.15) is 0 Å². The first-order chi connectivity index (χ1) is 9.57. The zero-order valence-electron chi connectivity index (χ0n) is 13.1. The number of nitrogens with two attached hydrogens (primary N) is 1. The fraction of sp³-hybridized carbons (Fsp3) is 0.867. The van der Waals surface area contributed by atoms with Crippen LogP contribution >= 0.6 is 0 Å². The van der Waals surface area contributed by atoms with E-state index in [1.807, 2.05) is 0 Å². The van der Waals surface area contributed by atoms with Crippen molar-refractivity contribution in [3.05, 3.63) is 0 Å². The van der Waals surface area contributed by atoms with E-state index in [1.165, 1.54) is 6.42 Å². The van der Waals surface area contributed by atoms with E-state index in [0.717, 1.165) is 25.7 Å². The van der Waals surface area contributed by atoms with Crippen LogP contribution in [-0.4, -0.2) is 39.4 Å². The number of carbonyl (C=O) groups is 2. The third-order valence-corrected chi connectivity index (χ3v) is 3.88. The highest BCUT2D eigenvalue weighted by atomic mass is 16.6. The minimum Gasteiger partial charge on any atom is -0.479 e. The average molecular weight is 301 g/mol. The van der Waals surface area contributed by atoms with Gasteiger partial charge in [0.1, 0.15) is 5.60 Å². The van der Waals surface area contributed by atoms with Crippen molar-refractivity contribution < 1.29 is 24.5 Å². The Morgan fingerprint density at radius 1 is 1.24 bits per heavy atom. The summed E-state index contributed by atoms with van der Waals surface area (Å²) in [6, 6.07) is -1.17. The van der Waals surface area contributed by atoms with Crippen LogP contribution in [0.15, 0.2) is 0 Å². The molecular weight excluding hydrogens is 274 g/mol. The van der Waals surface area contributed by atoms with E-state index in [9.17, 15) is 19.8 Å². The van der Waals surface area contributed by atoms with Gasteiger partial charge in [-0.1, -0.05) is 32.1 Å². The third kappa shape index (κ3) is 4.68. The quantitative estimate of drug-likeness (QED) is 0.523. The van der Waals surface area contributed by atoms with E-state index >= 15 is 0 Å². The van der Waals surface area contributed by atoms with Crippen molar-refractivity contribution >= 4 is 11.9 Å². The summed E-state index contributed by atoms with van der Waals surface area (Å²) in [6.45, 7) is 4.83. The molecule has 0 aromatic carbocycles. The lowest BCUT2D eigenvalue weighted by atomic mass is 9.80. The molecule has 1 fully saturated rings. The maximum absolute atomic E-state index is 12.1. The lowest BCUT2D eigenvalue weighted by Gasteiger charge is -2.33. The molecule has 0 saturated heterocycles. The molecule has 122 valence electrons. The van der Waals surface area contributed by atoms with E-state index in [0.29, 0.717) is 6.42 Å². The molecule has 0 heterocycles. The predicted octanol–water partition coefficient (Wildman–Crippen LogP) is 1.44. The zero-order valence-corrected chi connectivity index (χ0v) is 13.1. The monoisotopic (exact) mass is 301 g/mol. The second kappa shape index (κ2) is 6.75. The van der Waals surface area contributed by atoms with E-state index < -0.39 is 29.2 Å². The Kier molecular flexibility index (Phi) is 5.75. The molecule has 6 nitrogen and oxygen atoms in total. The van der Waals surface area contributed by atoms with E-state index in [4.69, 9.17) is 10.5 Å². The van der Waals surface area contributed by atoms with Crippen LogP contribution in [0.2, 0.25) is 0 Å². The lowest BCUT2D eigenvalue weighted by molar-refractivity contribution is -0.190. The average Bonchev–Trinajstić information content (AvgIpc) is 2.36. The number of ether oxygens (including phenoxy) is 1.